The van der Waals surface area contributed by atoms with Crippen molar-refractivity contribution in [1.82, 2.24) is 5.01 Å². The van der Waals surface area contributed by atoms with Gasteiger partial charge in [-0.2, -0.15) is 18.4 Å². The van der Waals surface area contributed by atoms with Crippen LogP contribution in [0.4, 0.5) is 18.9 Å². The molecule has 33 heavy (non-hydrogen) atoms. The van der Waals surface area contributed by atoms with Crippen LogP contribution in [0.15, 0.2) is 47.4 Å². The lowest BCUT2D eigenvalue weighted by Gasteiger charge is -2.26. The van der Waals surface area contributed by atoms with Gasteiger partial charge in [0.25, 0.3) is 11.8 Å². The summed E-state index contributed by atoms with van der Waals surface area (Å²) in [7, 11) is -3.53. The molecule has 0 saturated heterocycles. The number of hydrogen-bond donors (Lipinski definition) is 3. The SMILES string of the molecule is C[C@@H](O)[C@@H](Nc1ccc(C#N)c(C(F)(F)F)c1)C(=O)N(N)C(=O)c1ccc(S(C)(=O)=O)cc1. The number of alkyl halides is 3. The van der Waals surface area contributed by atoms with Crippen molar-refractivity contribution >= 4 is 27.3 Å². The van der Waals surface area contributed by atoms with Gasteiger partial charge in [0.1, 0.15) is 6.04 Å². The Kier molecular flexibility index (Phi) is 7.48. The zero-order chi connectivity index (χ0) is 25.1. The molecule has 0 bridgehead atoms. The lowest BCUT2D eigenvalue weighted by atomic mass is 10.1. The Morgan fingerprint density at radius 2 is 1.76 bits per heavy atom. The first-order valence-corrected chi connectivity index (χ1v) is 11.0. The monoisotopic (exact) mass is 484 g/mol. The number of rotatable bonds is 6. The van der Waals surface area contributed by atoms with E-state index >= 15 is 0 Å². The molecule has 2 aromatic carbocycles. The van der Waals surface area contributed by atoms with Crippen molar-refractivity contribution in [2.24, 2.45) is 5.84 Å². The van der Waals surface area contributed by atoms with E-state index in [1.165, 1.54) is 6.07 Å². The Hall–Kier alpha value is -3.47. The molecule has 0 fully saturated rings. The third-order valence-corrected chi connectivity index (χ3v) is 5.63. The summed E-state index contributed by atoms with van der Waals surface area (Å²) in [6.07, 6.45) is -5.37. The molecule has 9 nitrogen and oxygen atoms in total. The number of hydrogen-bond acceptors (Lipinski definition) is 8. The van der Waals surface area contributed by atoms with E-state index in [0.717, 1.165) is 49.6 Å². The van der Waals surface area contributed by atoms with Crippen molar-refractivity contribution in [2.75, 3.05) is 11.6 Å². The van der Waals surface area contributed by atoms with Crippen LogP contribution in [-0.2, 0) is 20.8 Å². The molecule has 0 aliphatic carbocycles. The molecule has 2 rings (SSSR count). The maximum Gasteiger partial charge on any atom is 0.417 e. The van der Waals surface area contributed by atoms with E-state index in [9.17, 15) is 36.3 Å². The van der Waals surface area contributed by atoms with Crippen molar-refractivity contribution in [3.05, 3.63) is 59.2 Å². The fourth-order valence-corrected chi connectivity index (χ4v) is 3.40. The maximum absolute atomic E-state index is 13.2. The van der Waals surface area contributed by atoms with Gasteiger partial charge in [-0.25, -0.2) is 19.3 Å². The Labute approximate surface area is 187 Å². The molecule has 0 aliphatic rings. The highest BCUT2D eigenvalue weighted by atomic mass is 32.2. The molecular formula is C20H19F3N4O5S. The van der Waals surface area contributed by atoms with Gasteiger partial charge < -0.3 is 10.4 Å². The predicted octanol–water partition coefficient (Wildman–Crippen LogP) is 1.68. The number of benzene rings is 2. The van der Waals surface area contributed by atoms with Gasteiger partial charge in [0, 0.05) is 17.5 Å². The number of carbonyl (C=O) groups is 2. The van der Waals surface area contributed by atoms with Crippen LogP contribution in [0.2, 0.25) is 0 Å². The molecule has 4 N–H and O–H groups in total. The Balaban J connectivity index is 2.30. The smallest absolute Gasteiger partial charge is 0.391 e. The average molecular weight is 484 g/mol. The van der Waals surface area contributed by atoms with Crippen molar-refractivity contribution in [2.45, 2.75) is 30.1 Å². The van der Waals surface area contributed by atoms with Crippen LogP contribution in [0.25, 0.3) is 0 Å². The van der Waals surface area contributed by atoms with Gasteiger partial charge in [0.15, 0.2) is 9.84 Å². The van der Waals surface area contributed by atoms with Crippen molar-refractivity contribution in [3.63, 3.8) is 0 Å². The van der Waals surface area contributed by atoms with E-state index in [-0.39, 0.29) is 21.2 Å². The minimum Gasteiger partial charge on any atom is -0.391 e. The number of nitrogens with two attached hydrogens (primary N) is 1. The van der Waals surface area contributed by atoms with Gasteiger partial charge in [-0.3, -0.25) is 9.59 Å². The topological polar surface area (TPSA) is 154 Å². The van der Waals surface area contributed by atoms with Crippen LogP contribution >= 0.6 is 0 Å². The standard InChI is InChI=1S/C20H19F3N4O5S/c1-11(28)17(26-14-6-3-13(10-24)16(9-14)20(21,22)23)19(30)27(25)18(29)12-4-7-15(8-5-12)33(2,31)32/h3-9,11,17,26,28H,25H2,1-2H3/t11-,17-/m1/s1. The van der Waals surface area contributed by atoms with E-state index in [2.05, 4.69) is 5.32 Å². The highest BCUT2D eigenvalue weighted by molar-refractivity contribution is 7.90. The third kappa shape index (κ3) is 6.07. The van der Waals surface area contributed by atoms with Gasteiger partial charge >= 0.3 is 6.18 Å². The van der Waals surface area contributed by atoms with E-state index in [0.29, 0.717) is 6.07 Å². The van der Waals surface area contributed by atoms with Gasteiger partial charge in [0.05, 0.1) is 28.2 Å². The molecular weight excluding hydrogens is 465 g/mol. The molecule has 176 valence electrons. The third-order valence-electron chi connectivity index (χ3n) is 4.50. The number of sulfone groups is 1. The summed E-state index contributed by atoms with van der Waals surface area (Å²) in [6.45, 7) is 1.16. The number of anilines is 1. The second kappa shape index (κ2) is 9.57. The molecule has 0 radical (unpaired) electrons. The number of hydrazine groups is 1. The molecule has 0 heterocycles. The summed E-state index contributed by atoms with van der Waals surface area (Å²) in [5.41, 5.74) is -2.28. The molecule has 2 aromatic rings. The molecule has 2 amide bonds. The average Bonchev–Trinajstić information content (AvgIpc) is 2.74. The first kappa shape index (κ1) is 25.8. The normalized spacial score (nSPS) is 13.5. The van der Waals surface area contributed by atoms with Crippen molar-refractivity contribution in [3.8, 4) is 6.07 Å². The number of nitrogens with one attached hydrogen (secondary N) is 1. The molecule has 13 heteroatoms. The fraction of sp³-hybridized carbons (Fsp3) is 0.250. The zero-order valence-electron chi connectivity index (χ0n) is 17.3. The minimum absolute atomic E-state index is 0.0706. The van der Waals surface area contributed by atoms with Gasteiger partial charge in [0.2, 0.25) is 0 Å². The Morgan fingerprint density at radius 1 is 1.18 bits per heavy atom. The van der Waals surface area contributed by atoms with Crippen LogP contribution in [0.3, 0.4) is 0 Å². The number of carbonyl (C=O) groups excluding carboxylic acids is 2. The highest BCUT2D eigenvalue weighted by Gasteiger charge is 2.35. The summed E-state index contributed by atoms with van der Waals surface area (Å²) in [4.78, 5) is 25.2. The fourth-order valence-electron chi connectivity index (χ4n) is 2.77. The van der Waals surface area contributed by atoms with E-state index in [4.69, 9.17) is 11.1 Å². The Bertz CT molecular complexity index is 1210. The summed E-state index contributed by atoms with van der Waals surface area (Å²) < 4.78 is 62.6. The van der Waals surface area contributed by atoms with Gasteiger partial charge in [-0.05, 0) is 49.4 Å². The quantitative estimate of drug-likeness (QED) is 0.318. The molecule has 2 atom stereocenters. The number of halogens is 3. The lowest BCUT2D eigenvalue weighted by Crippen LogP contribution is -2.53. The second-order valence-corrected chi connectivity index (χ2v) is 9.06. The van der Waals surface area contributed by atoms with Crippen LogP contribution in [0.5, 0.6) is 0 Å². The summed E-state index contributed by atoms with van der Waals surface area (Å²) >= 11 is 0. The van der Waals surface area contributed by atoms with E-state index in [1.807, 2.05) is 0 Å². The van der Waals surface area contributed by atoms with E-state index < -0.39 is 51.1 Å². The number of nitrogens with zero attached hydrogens (tertiary/aromatic N) is 2. The molecule has 0 aliphatic heterocycles. The van der Waals surface area contributed by atoms with Crippen LogP contribution in [0, 0.1) is 11.3 Å². The number of aliphatic hydroxyl groups is 1. The summed E-state index contributed by atoms with van der Waals surface area (Å²) in [5.74, 6) is 3.39. The minimum atomic E-state index is -4.85. The van der Waals surface area contributed by atoms with Crippen molar-refractivity contribution < 1.29 is 36.3 Å². The first-order chi connectivity index (χ1) is 15.2. The lowest BCUT2D eigenvalue weighted by molar-refractivity contribution is -0.137. The van der Waals surface area contributed by atoms with Crippen LogP contribution in [0.1, 0.15) is 28.4 Å². The van der Waals surface area contributed by atoms with Crippen LogP contribution in [-0.4, -0.2) is 48.7 Å². The summed E-state index contributed by atoms with van der Waals surface area (Å²) in [6, 6.07) is 6.92. The number of aliphatic hydroxyl groups excluding tert-OH is 1. The zero-order valence-corrected chi connectivity index (χ0v) is 18.1. The largest absolute Gasteiger partial charge is 0.417 e. The number of amides is 2. The van der Waals surface area contributed by atoms with Gasteiger partial charge in [-0.15, -0.1) is 0 Å². The molecule has 0 spiro atoms. The number of nitriles is 1. The Morgan fingerprint density at radius 3 is 2.21 bits per heavy atom. The highest BCUT2D eigenvalue weighted by Crippen LogP contribution is 2.33. The van der Waals surface area contributed by atoms with E-state index in [1.54, 1.807) is 0 Å². The predicted molar refractivity (Wildman–Crippen MR) is 110 cm³/mol. The number of imide groups is 1. The maximum atomic E-state index is 13.2. The molecule has 0 unspecified atom stereocenters. The van der Waals surface area contributed by atoms with Crippen molar-refractivity contribution in [1.29, 1.82) is 5.26 Å². The second-order valence-electron chi connectivity index (χ2n) is 7.04. The van der Waals surface area contributed by atoms with Crippen LogP contribution < -0.4 is 11.2 Å². The van der Waals surface area contributed by atoms with Gasteiger partial charge in [-0.1, -0.05) is 0 Å². The molecule has 0 saturated carbocycles. The first-order valence-electron chi connectivity index (χ1n) is 9.16. The summed E-state index contributed by atoms with van der Waals surface area (Å²) in [5, 5.41) is 21.4. The molecule has 0 aromatic heterocycles.